The van der Waals surface area contributed by atoms with Crippen LogP contribution in [0.25, 0.3) is 0 Å². The smallest absolute Gasteiger partial charge is 0.384 e. The number of benzene rings is 2. The third-order valence-corrected chi connectivity index (χ3v) is 3.13. The van der Waals surface area contributed by atoms with Gasteiger partial charge in [0.2, 0.25) is 0 Å². The van der Waals surface area contributed by atoms with Crippen LogP contribution in [-0.4, -0.2) is 12.2 Å². The third kappa shape index (κ3) is 3.83. The Kier molecular flexibility index (Phi) is 4.65. The van der Waals surface area contributed by atoms with Gasteiger partial charge in [0.15, 0.2) is 0 Å². The minimum atomic E-state index is -4.37. The Balaban J connectivity index is 2.23. The summed E-state index contributed by atoms with van der Waals surface area (Å²) >= 11 is 0. The Morgan fingerprint density at radius 1 is 1.05 bits per heavy atom. The molecule has 5 heteroatoms. The molecule has 2 aromatic rings. The number of alkyl halides is 3. The van der Waals surface area contributed by atoms with Gasteiger partial charge in [-0.3, -0.25) is 0 Å². The fourth-order valence-electron chi connectivity index (χ4n) is 2.07. The van der Waals surface area contributed by atoms with Crippen molar-refractivity contribution in [2.75, 3.05) is 7.11 Å². The van der Waals surface area contributed by atoms with E-state index in [1.54, 1.807) is 25.3 Å². The van der Waals surface area contributed by atoms with E-state index in [1.165, 1.54) is 12.1 Å². The van der Waals surface area contributed by atoms with Gasteiger partial charge >= 0.3 is 6.18 Å². The monoisotopic (exact) mass is 296 g/mol. The standard InChI is InChI=1S/C16H15F3O2/c1-21-10-11-3-2-4-13(9-11)15(20)12-5-7-14(8-6-12)16(17,18)19/h2-9,15,20H,10H2,1H3. The summed E-state index contributed by atoms with van der Waals surface area (Å²) in [6, 6.07) is 11.6. The molecule has 0 fully saturated rings. The fraction of sp³-hybridized carbons (Fsp3) is 0.250. The van der Waals surface area contributed by atoms with Crippen LogP contribution in [0.4, 0.5) is 13.2 Å². The number of hydrogen-bond donors (Lipinski definition) is 1. The van der Waals surface area contributed by atoms with Crippen molar-refractivity contribution in [1.29, 1.82) is 0 Å². The second-order valence-electron chi connectivity index (χ2n) is 4.70. The molecule has 0 radical (unpaired) electrons. The minimum absolute atomic E-state index is 0.410. The van der Waals surface area contributed by atoms with Gasteiger partial charge in [-0.05, 0) is 28.8 Å². The Morgan fingerprint density at radius 3 is 2.29 bits per heavy atom. The van der Waals surface area contributed by atoms with Crippen molar-refractivity contribution in [1.82, 2.24) is 0 Å². The maximum absolute atomic E-state index is 12.5. The van der Waals surface area contributed by atoms with Gasteiger partial charge < -0.3 is 9.84 Å². The van der Waals surface area contributed by atoms with Crippen molar-refractivity contribution in [2.24, 2.45) is 0 Å². The van der Waals surface area contributed by atoms with Gasteiger partial charge in [-0.25, -0.2) is 0 Å². The first kappa shape index (κ1) is 15.5. The summed E-state index contributed by atoms with van der Waals surface area (Å²) < 4.78 is 42.5. The van der Waals surface area contributed by atoms with Gasteiger partial charge in [0.1, 0.15) is 6.10 Å². The van der Waals surface area contributed by atoms with Gasteiger partial charge in [0.25, 0.3) is 0 Å². The maximum Gasteiger partial charge on any atom is 0.416 e. The highest BCUT2D eigenvalue weighted by atomic mass is 19.4. The minimum Gasteiger partial charge on any atom is -0.384 e. The van der Waals surface area contributed by atoms with E-state index < -0.39 is 17.8 Å². The number of rotatable bonds is 4. The fourth-order valence-corrected chi connectivity index (χ4v) is 2.07. The summed E-state index contributed by atoms with van der Waals surface area (Å²) in [5, 5.41) is 10.3. The molecule has 0 aromatic heterocycles. The lowest BCUT2D eigenvalue weighted by molar-refractivity contribution is -0.137. The van der Waals surface area contributed by atoms with Gasteiger partial charge in [0.05, 0.1) is 12.2 Å². The summed E-state index contributed by atoms with van der Waals surface area (Å²) in [5.74, 6) is 0. The normalized spacial score (nSPS) is 13.2. The highest BCUT2D eigenvalue weighted by molar-refractivity contribution is 5.34. The molecule has 0 heterocycles. The molecule has 0 aliphatic carbocycles. The quantitative estimate of drug-likeness (QED) is 0.926. The topological polar surface area (TPSA) is 29.5 Å². The van der Waals surface area contributed by atoms with Crippen LogP contribution in [0.1, 0.15) is 28.4 Å². The molecular formula is C16H15F3O2. The molecule has 2 nitrogen and oxygen atoms in total. The molecule has 0 saturated heterocycles. The van der Waals surface area contributed by atoms with Gasteiger partial charge in [-0.15, -0.1) is 0 Å². The van der Waals surface area contributed by atoms with E-state index in [4.69, 9.17) is 4.74 Å². The lowest BCUT2D eigenvalue weighted by Gasteiger charge is -2.14. The van der Waals surface area contributed by atoms with Gasteiger partial charge in [-0.1, -0.05) is 36.4 Å². The summed E-state index contributed by atoms with van der Waals surface area (Å²) in [5.41, 5.74) is 1.19. The zero-order chi connectivity index (χ0) is 15.5. The molecule has 0 aliphatic heterocycles. The van der Waals surface area contributed by atoms with E-state index in [-0.39, 0.29) is 0 Å². The lowest BCUT2D eigenvalue weighted by Crippen LogP contribution is -2.06. The molecule has 1 atom stereocenters. The molecule has 1 unspecified atom stereocenters. The summed E-state index contributed by atoms with van der Waals surface area (Å²) in [4.78, 5) is 0. The van der Waals surface area contributed by atoms with Crippen LogP contribution >= 0.6 is 0 Å². The van der Waals surface area contributed by atoms with Crippen molar-refractivity contribution in [3.8, 4) is 0 Å². The van der Waals surface area contributed by atoms with E-state index >= 15 is 0 Å². The van der Waals surface area contributed by atoms with Gasteiger partial charge in [-0.2, -0.15) is 13.2 Å². The van der Waals surface area contributed by atoms with E-state index in [2.05, 4.69) is 0 Å². The molecule has 1 N–H and O–H groups in total. The molecule has 0 aliphatic rings. The SMILES string of the molecule is COCc1cccc(C(O)c2ccc(C(F)(F)F)cc2)c1. The van der Waals surface area contributed by atoms with E-state index in [0.29, 0.717) is 17.7 Å². The number of aliphatic hydroxyl groups excluding tert-OH is 1. The summed E-state index contributed by atoms with van der Waals surface area (Å²) in [6.07, 6.45) is -5.34. The van der Waals surface area contributed by atoms with Crippen molar-refractivity contribution < 1.29 is 23.0 Å². The molecule has 0 spiro atoms. The summed E-state index contributed by atoms with van der Waals surface area (Å²) in [7, 11) is 1.57. The number of halogens is 3. The number of aliphatic hydroxyl groups is 1. The Hall–Kier alpha value is -1.85. The highest BCUT2D eigenvalue weighted by Crippen LogP contribution is 2.31. The predicted octanol–water partition coefficient (Wildman–Crippen LogP) is 3.93. The van der Waals surface area contributed by atoms with Crippen LogP contribution in [0.5, 0.6) is 0 Å². The molecule has 2 aromatic carbocycles. The van der Waals surface area contributed by atoms with Crippen LogP contribution in [0, 0.1) is 0 Å². The first-order valence-corrected chi connectivity index (χ1v) is 6.35. The van der Waals surface area contributed by atoms with Crippen LogP contribution in [0.3, 0.4) is 0 Å². The van der Waals surface area contributed by atoms with Crippen LogP contribution in [0.15, 0.2) is 48.5 Å². The molecule has 112 valence electrons. The number of ether oxygens (including phenoxy) is 1. The lowest BCUT2D eigenvalue weighted by atomic mass is 9.99. The average Bonchev–Trinajstić information content (AvgIpc) is 2.46. The van der Waals surface area contributed by atoms with Crippen LogP contribution in [0.2, 0.25) is 0 Å². The van der Waals surface area contributed by atoms with Gasteiger partial charge in [0, 0.05) is 7.11 Å². The van der Waals surface area contributed by atoms with Crippen LogP contribution < -0.4 is 0 Å². The van der Waals surface area contributed by atoms with Crippen molar-refractivity contribution >= 4 is 0 Å². The Morgan fingerprint density at radius 2 is 1.71 bits per heavy atom. The molecule has 21 heavy (non-hydrogen) atoms. The zero-order valence-corrected chi connectivity index (χ0v) is 11.4. The molecular weight excluding hydrogens is 281 g/mol. The second-order valence-corrected chi connectivity index (χ2v) is 4.70. The molecule has 0 saturated carbocycles. The highest BCUT2D eigenvalue weighted by Gasteiger charge is 2.30. The molecule has 0 amide bonds. The average molecular weight is 296 g/mol. The number of methoxy groups -OCH3 is 1. The van der Waals surface area contributed by atoms with E-state index in [0.717, 1.165) is 17.7 Å². The first-order valence-electron chi connectivity index (χ1n) is 6.35. The van der Waals surface area contributed by atoms with Crippen molar-refractivity contribution in [3.05, 3.63) is 70.8 Å². The maximum atomic E-state index is 12.5. The second kappa shape index (κ2) is 6.28. The molecule has 0 bridgehead atoms. The van der Waals surface area contributed by atoms with Crippen LogP contribution in [-0.2, 0) is 17.5 Å². The Labute approximate surface area is 120 Å². The predicted molar refractivity (Wildman–Crippen MR) is 72.7 cm³/mol. The Bertz CT molecular complexity index is 591. The summed E-state index contributed by atoms with van der Waals surface area (Å²) in [6.45, 7) is 0.410. The molecule has 2 rings (SSSR count). The van der Waals surface area contributed by atoms with E-state index in [9.17, 15) is 18.3 Å². The first-order chi connectivity index (χ1) is 9.91. The van der Waals surface area contributed by atoms with Crippen molar-refractivity contribution in [2.45, 2.75) is 18.9 Å². The third-order valence-electron chi connectivity index (χ3n) is 3.13. The van der Waals surface area contributed by atoms with Crippen molar-refractivity contribution in [3.63, 3.8) is 0 Å². The zero-order valence-electron chi connectivity index (χ0n) is 11.4. The number of hydrogen-bond acceptors (Lipinski definition) is 2. The van der Waals surface area contributed by atoms with E-state index in [1.807, 2.05) is 6.07 Å². The largest absolute Gasteiger partial charge is 0.416 e.